The van der Waals surface area contributed by atoms with E-state index in [9.17, 15) is 0 Å². The topological polar surface area (TPSA) is 62.6 Å². The molecule has 0 atom stereocenters. The Balaban J connectivity index is 2.08. The van der Waals surface area contributed by atoms with Crippen LogP contribution in [0, 0.1) is 0 Å². The van der Waals surface area contributed by atoms with Crippen molar-refractivity contribution < 1.29 is 14.9 Å². The summed E-state index contributed by atoms with van der Waals surface area (Å²) in [4.78, 5) is 4.13. The monoisotopic (exact) mass is 245 g/mol. The third-order valence-corrected chi connectivity index (χ3v) is 2.49. The van der Waals surface area contributed by atoms with Crippen molar-refractivity contribution in [2.75, 3.05) is 6.61 Å². The molecular weight excluding hydrogens is 230 g/mol. The molecule has 2 rings (SSSR count). The van der Waals surface area contributed by atoms with Crippen LogP contribution in [-0.4, -0.2) is 21.8 Å². The molecule has 0 fully saturated rings. The van der Waals surface area contributed by atoms with E-state index >= 15 is 0 Å². The van der Waals surface area contributed by atoms with E-state index in [1.54, 1.807) is 18.2 Å². The molecule has 4 heteroatoms. The Morgan fingerprint density at radius 2 is 1.78 bits per heavy atom. The van der Waals surface area contributed by atoms with Gasteiger partial charge in [-0.3, -0.25) is 0 Å². The molecule has 18 heavy (non-hydrogen) atoms. The van der Waals surface area contributed by atoms with Crippen molar-refractivity contribution in [1.82, 2.24) is 4.98 Å². The Labute approximate surface area is 106 Å². The van der Waals surface area contributed by atoms with E-state index in [2.05, 4.69) is 4.98 Å². The van der Waals surface area contributed by atoms with Crippen LogP contribution >= 0.6 is 0 Å². The highest BCUT2D eigenvalue weighted by molar-refractivity contribution is 5.30. The van der Waals surface area contributed by atoms with Crippen LogP contribution in [-0.2, 0) is 13.0 Å². The van der Waals surface area contributed by atoms with Gasteiger partial charge in [0.15, 0.2) is 0 Å². The van der Waals surface area contributed by atoms with Gasteiger partial charge in [-0.25, -0.2) is 4.98 Å². The minimum Gasteiger partial charge on any atom is -0.439 e. The molecule has 1 aromatic heterocycles. The van der Waals surface area contributed by atoms with Gasteiger partial charge < -0.3 is 14.9 Å². The third kappa shape index (κ3) is 3.29. The summed E-state index contributed by atoms with van der Waals surface area (Å²) in [5.74, 6) is 1.13. The lowest BCUT2D eigenvalue weighted by molar-refractivity contribution is 0.275. The van der Waals surface area contributed by atoms with Crippen molar-refractivity contribution in [3.8, 4) is 11.6 Å². The lowest BCUT2D eigenvalue weighted by atomic mass is 10.1. The van der Waals surface area contributed by atoms with Crippen molar-refractivity contribution in [3.05, 3.63) is 53.7 Å². The first-order chi connectivity index (χ1) is 8.81. The van der Waals surface area contributed by atoms with Crippen LogP contribution in [0.3, 0.4) is 0 Å². The highest BCUT2D eigenvalue weighted by atomic mass is 16.5. The zero-order chi connectivity index (χ0) is 12.8. The Morgan fingerprint density at radius 3 is 2.44 bits per heavy atom. The molecule has 0 saturated carbocycles. The van der Waals surface area contributed by atoms with Gasteiger partial charge in [0, 0.05) is 12.7 Å². The number of aromatic nitrogens is 1. The zero-order valence-corrected chi connectivity index (χ0v) is 9.91. The lowest BCUT2D eigenvalue weighted by Crippen LogP contribution is -1.94. The minimum absolute atomic E-state index is 0.105. The quantitative estimate of drug-likeness (QED) is 0.844. The maximum Gasteiger partial charge on any atom is 0.219 e. The second kappa shape index (κ2) is 6.14. The molecule has 0 saturated heterocycles. The van der Waals surface area contributed by atoms with Gasteiger partial charge in [-0.05, 0) is 30.2 Å². The van der Waals surface area contributed by atoms with E-state index < -0.39 is 0 Å². The smallest absolute Gasteiger partial charge is 0.219 e. The van der Waals surface area contributed by atoms with Crippen LogP contribution in [0.5, 0.6) is 11.6 Å². The standard InChI is InChI=1S/C14H15NO3/c16-9-8-11-4-6-13(7-5-11)18-14-3-1-2-12(10-17)15-14/h1-7,16-17H,8-10H2. The Hall–Kier alpha value is -1.91. The van der Waals surface area contributed by atoms with Crippen molar-refractivity contribution in [3.63, 3.8) is 0 Å². The number of rotatable bonds is 5. The van der Waals surface area contributed by atoms with Gasteiger partial charge in [-0.1, -0.05) is 18.2 Å². The van der Waals surface area contributed by atoms with Gasteiger partial charge in [-0.15, -0.1) is 0 Å². The van der Waals surface area contributed by atoms with E-state index in [1.165, 1.54) is 0 Å². The molecule has 2 N–H and O–H groups in total. The summed E-state index contributed by atoms with van der Waals surface area (Å²) in [5, 5.41) is 17.8. The van der Waals surface area contributed by atoms with E-state index in [0.717, 1.165) is 5.56 Å². The van der Waals surface area contributed by atoms with Crippen LogP contribution in [0.15, 0.2) is 42.5 Å². The van der Waals surface area contributed by atoms with Gasteiger partial charge >= 0.3 is 0 Å². The predicted molar refractivity (Wildman–Crippen MR) is 67.5 cm³/mol. The SMILES string of the molecule is OCCc1ccc(Oc2cccc(CO)n2)cc1. The maximum absolute atomic E-state index is 8.98. The summed E-state index contributed by atoms with van der Waals surface area (Å²) in [6, 6.07) is 12.7. The largest absolute Gasteiger partial charge is 0.439 e. The maximum atomic E-state index is 8.98. The molecule has 0 unspecified atom stereocenters. The average molecular weight is 245 g/mol. The molecule has 0 aliphatic rings. The number of pyridine rings is 1. The van der Waals surface area contributed by atoms with Gasteiger partial charge in [0.25, 0.3) is 0 Å². The van der Waals surface area contributed by atoms with Crippen molar-refractivity contribution in [2.24, 2.45) is 0 Å². The number of nitrogens with zero attached hydrogens (tertiary/aromatic N) is 1. The zero-order valence-electron chi connectivity index (χ0n) is 9.91. The molecule has 0 amide bonds. The molecule has 1 aromatic carbocycles. The van der Waals surface area contributed by atoms with Crippen LogP contribution in [0.4, 0.5) is 0 Å². The van der Waals surface area contributed by atoms with E-state index in [4.69, 9.17) is 14.9 Å². The van der Waals surface area contributed by atoms with Crippen LogP contribution in [0.1, 0.15) is 11.3 Å². The molecule has 4 nitrogen and oxygen atoms in total. The van der Waals surface area contributed by atoms with Gasteiger partial charge in [0.2, 0.25) is 5.88 Å². The summed E-state index contributed by atoms with van der Waals surface area (Å²) in [6.07, 6.45) is 0.637. The summed E-state index contributed by atoms with van der Waals surface area (Å²) >= 11 is 0. The first kappa shape index (κ1) is 12.5. The van der Waals surface area contributed by atoms with E-state index in [0.29, 0.717) is 23.7 Å². The molecule has 0 aliphatic heterocycles. The molecule has 0 aliphatic carbocycles. The van der Waals surface area contributed by atoms with Crippen molar-refractivity contribution >= 4 is 0 Å². The highest BCUT2D eigenvalue weighted by Crippen LogP contribution is 2.20. The van der Waals surface area contributed by atoms with Gasteiger partial charge in [0.05, 0.1) is 12.3 Å². The number of benzene rings is 1. The molecule has 94 valence electrons. The molecule has 1 heterocycles. The fourth-order valence-electron chi connectivity index (χ4n) is 1.58. The van der Waals surface area contributed by atoms with Crippen LogP contribution < -0.4 is 4.74 Å². The predicted octanol–water partition coefficient (Wildman–Crippen LogP) is 1.90. The van der Waals surface area contributed by atoms with E-state index in [-0.39, 0.29) is 13.2 Å². The molecular formula is C14H15NO3. The average Bonchev–Trinajstić information content (AvgIpc) is 2.42. The van der Waals surface area contributed by atoms with Gasteiger partial charge in [-0.2, -0.15) is 0 Å². The first-order valence-electron chi connectivity index (χ1n) is 5.76. The Kier molecular flexibility index (Phi) is 4.28. The minimum atomic E-state index is -0.105. The number of aliphatic hydroxyl groups is 2. The number of hydrogen-bond donors (Lipinski definition) is 2. The Bertz CT molecular complexity index is 497. The van der Waals surface area contributed by atoms with Crippen LogP contribution in [0.2, 0.25) is 0 Å². The summed E-state index contributed by atoms with van der Waals surface area (Å²) in [7, 11) is 0. The van der Waals surface area contributed by atoms with Crippen molar-refractivity contribution in [2.45, 2.75) is 13.0 Å². The molecule has 0 spiro atoms. The summed E-state index contributed by atoms with van der Waals surface area (Å²) in [5.41, 5.74) is 1.63. The number of aliphatic hydroxyl groups excluding tert-OH is 2. The van der Waals surface area contributed by atoms with Crippen LogP contribution in [0.25, 0.3) is 0 Å². The van der Waals surface area contributed by atoms with E-state index in [1.807, 2.05) is 24.3 Å². The second-order valence-electron chi connectivity index (χ2n) is 3.84. The third-order valence-electron chi connectivity index (χ3n) is 2.49. The first-order valence-corrected chi connectivity index (χ1v) is 5.76. The highest BCUT2D eigenvalue weighted by Gasteiger charge is 2.00. The lowest BCUT2D eigenvalue weighted by Gasteiger charge is -2.06. The summed E-state index contributed by atoms with van der Waals surface area (Å²) in [6.45, 7) is 0.0347. The summed E-state index contributed by atoms with van der Waals surface area (Å²) < 4.78 is 5.57. The number of ether oxygens (including phenoxy) is 1. The fraction of sp³-hybridized carbons (Fsp3) is 0.214. The number of hydrogen-bond acceptors (Lipinski definition) is 4. The molecule has 2 aromatic rings. The molecule has 0 bridgehead atoms. The second-order valence-corrected chi connectivity index (χ2v) is 3.84. The molecule has 0 radical (unpaired) electrons. The fourth-order valence-corrected chi connectivity index (χ4v) is 1.58. The van der Waals surface area contributed by atoms with Crippen molar-refractivity contribution in [1.29, 1.82) is 0 Å². The Morgan fingerprint density at radius 1 is 1.00 bits per heavy atom. The van der Waals surface area contributed by atoms with Gasteiger partial charge in [0.1, 0.15) is 5.75 Å². The normalized spacial score (nSPS) is 10.3.